The van der Waals surface area contributed by atoms with Crippen LogP contribution in [0.5, 0.6) is 0 Å². The van der Waals surface area contributed by atoms with Crippen LogP contribution in [-0.2, 0) is 14.4 Å². The molecule has 3 aliphatic carbocycles. The molecule has 0 aromatic rings. The van der Waals surface area contributed by atoms with Gasteiger partial charge in [-0.1, -0.05) is 13.8 Å². The predicted octanol–water partition coefficient (Wildman–Crippen LogP) is 2.89. The molecule has 0 aromatic carbocycles. The van der Waals surface area contributed by atoms with Gasteiger partial charge in [0.2, 0.25) is 5.91 Å². The number of amides is 1. The zero-order valence-electron chi connectivity index (χ0n) is 15.1. The average Bonchev–Trinajstić information content (AvgIpc) is 2.87. The number of Topliss-reactive ketones (excluding diaryl/α,β-unsaturated/α-hetero) is 2. The van der Waals surface area contributed by atoms with Gasteiger partial charge >= 0.3 is 0 Å². The molecule has 0 spiro atoms. The average molecular weight is 331 g/mol. The number of piperidine rings is 1. The summed E-state index contributed by atoms with van der Waals surface area (Å²) in [5.74, 6) is 1.51. The third-order valence-electron chi connectivity index (χ3n) is 8.40. The summed E-state index contributed by atoms with van der Waals surface area (Å²) in [5, 5.41) is 3.32. The summed E-state index contributed by atoms with van der Waals surface area (Å²) in [6, 6.07) is 0.190. The maximum absolute atomic E-state index is 12.8. The predicted molar refractivity (Wildman–Crippen MR) is 90.1 cm³/mol. The Balaban J connectivity index is 1.68. The maximum Gasteiger partial charge on any atom is 0.224 e. The van der Waals surface area contributed by atoms with Crippen LogP contribution in [0.3, 0.4) is 0 Å². The highest BCUT2D eigenvalue weighted by molar-refractivity contribution is 5.89. The van der Waals surface area contributed by atoms with E-state index in [0.717, 1.165) is 32.1 Å². The van der Waals surface area contributed by atoms with Crippen molar-refractivity contribution in [2.24, 2.45) is 34.5 Å². The molecular formula is C20H29NO3. The second kappa shape index (κ2) is 5.15. The van der Waals surface area contributed by atoms with Gasteiger partial charge in [0.05, 0.1) is 5.92 Å². The Morgan fingerprint density at radius 3 is 2.46 bits per heavy atom. The fourth-order valence-electron chi connectivity index (χ4n) is 7.00. The van der Waals surface area contributed by atoms with Gasteiger partial charge in [-0.2, -0.15) is 0 Å². The summed E-state index contributed by atoms with van der Waals surface area (Å²) in [4.78, 5) is 36.8. The fraction of sp³-hybridized carbons (Fsp3) is 0.850. The highest BCUT2D eigenvalue weighted by Crippen LogP contribution is 2.62. The van der Waals surface area contributed by atoms with E-state index in [1.54, 1.807) is 6.92 Å². The number of fused-ring (bicyclic) bond motifs is 5. The zero-order chi connectivity index (χ0) is 17.3. The summed E-state index contributed by atoms with van der Waals surface area (Å²) in [6.45, 7) is 6.26. The standard InChI is InChI=1S/C20H29NO3/c1-11(22)13-4-5-14-17-15(7-9-19(13,14)2)20(3)8-6-12(23)10-16(20)18(24)21-17/h13-17H,4-10H2,1-3H3,(H,21,24)/t13-,14+,15+,16-,17-,19-,20-/m1/s1. The van der Waals surface area contributed by atoms with Crippen molar-refractivity contribution in [1.29, 1.82) is 0 Å². The van der Waals surface area contributed by atoms with Crippen LogP contribution in [0.4, 0.5) is 0 Å². The Labute approximate surface area is 144 Å². The minimum Gasteiger partial charge on any atom is -0.353 e. The van der Waals surface area contributed by atoms with Crippen molar-refractivity contribution in [3.8, 4) is 0 Å². The first-order chi connectivity index (χ1) is 11.3. The number of hydrogen-bond donors (Lipinski definition) is 1. The Hall–Kier alpha value is -1.19. The van der Waals surface area contributed by atoms with E-state index < -0.39 is 0 Å². The first kappa shape index (κ1) is 16.3. The van der Waals surface area contributed by atoms with Gasteiger partial charge in [-0.25, -0.2) is 0 Å². The van der Waals surface area contributed by atoms with E-state index in [9.17, 15) is 14.4 Å². The smallest absolute Gasteiger partial charge is 0.224 e. The Morgan fingerprint density at radius 2 is 1.75 bits per heavy atom. The first-order valence-electron chi connectivity index (χ1n) is 9.60. The molecule has 24 heavy (non-hydrogen) atoms. The van der Waals surface area contributed by atoms with Crippen LogP contribution in [0.25, 0.3) is 0 Å². The molecule has 4 fully saturated rings. The molecule has 0 bridgehead atoms. The van der Waals surface area contributed by atoms with Crippen LogP contribution in [0.2, 0.25) is 0 Å². The van der Waals surface area contributed by atoms with Crippen LogP contribution < -0.4 is 5.32 Å². The summed E-state index contributed by atoms with van der Waals surface area (Å²) in [6.07, 6.45) is 6.06. The lowest BCUT2D eigenvalue weighted by Crippen LogP contribution is -2.66. The van der Waals surface area contributed by atoms with Crippen molar-refractivity contribution in [3.63, 3.8) is 0 Å². The van der Waals surface area contributed by atoms with E-state index in [-0.39, 0.29) is 40.4 Å². The summed E-state index contributed by atoms with van der Waals surface area (Å²) in [5.41, 5.74) is -0.00941. The minimum absolute atomic E-state index is 0.0357. The van der Waals surface area contributed by atoms with Gasteiger partial charge in [0.15, 0.2) is 0 Å². The lowest BCUT2D eigenvalue weighted by Gasteiger charge is -2.59. The van der Waals surface area contributed by atoms with Crippen molar-refractivity contribution in [3.05, 3.63) is 0 Å². The van der Waals surface area contributed by atoms with Gasteiger partial charge in [0.25, 0.3) is 0 Å². The maximum atomic E-state index is 12.8. The van der Waals surface area contributed by atoms with Crippen molar-refractivity contribution in [1.82, 2.24) is 5.32 Å². The number of rotatable bonds is 1. The quantitative estimate of drug-likeness (QED) is 0.803. The number of hydrogen-bond acceptors (Lipinski definition) is 3. The first-order valence-corrected chi connectivity index (χ1v) is 9.60. The van der Waals surface area contributed by atoms with Gasteiger partial charge in [-0.15, -0.1) is 0 Å². The lowest BCUT2D eigenvalue weighted by atomic mass is 9.48. The van der Waals surface area contributed by atoms with Crippen LogP contribution >= 0.6 is 0 Å². The topological polar surface area (TPSA) is 63.2 Å². The second-order valence-corrected chi connectivity index (χ2v) is 9.33. The Kier molecular flexibility index (Phi) is 3.50. The van der Waals surface area contributed by atoms with E-state index in [1.807, 2.05) is 0 Å². The molecule has 1 N–H and O–H groups in total. The second-order valence-electron chi connectivity index (χ2n) is 9.33. The summed E-state index contributed by atoms with van der Waals surface area (Å²) < 4.78 is 0. The molecule has 1 aliphatic heterocycles. The third kappa shape index (κ3) is 2.01. The van der Waals surface area contributed by atoms with Gasteiger partial charge in [0, 0.05) is 24.8 Å². The normalized spacial score (nSPS) is 50.5. The van der Waals surface area contributed by atoms with Gasteiger partial charge < -0.3 is 5.32 Å². The van der Waals surface area contributed by atoms with Crippen LogP contribution in [0, 0.1) is 34.5 Å². The van der Waals surface area contributed by atoms with Crippen molar-refractivity contribution in [2.75, 3.05) is 0 Å². The van der Waals surface area contributed by atoms with Crippen molar-refractivity contribution < 1.29 is 14.4 Å². The van der Waals surface area contributed by atoms with E-state index in [4.69, 9.17) is 0 Å². The minimum atomic E-state index is -0.144. The van der Waals surface area contributed by atoms with Gasteiger partial charge in [0.1, 0.15) is 11.6 Å². The monoisotopic (exact) mass is 331 g/mol. The van der Waals surface area contributed by atoms with E-state index in [1.165, 1.54) is 0 Å². The largest absolute Gasteiger partial charge is 0.353 e. The van der Waals surface area contributed by atoms with Crippen LogP contribution in [0.1, 0.15) is 65.7 Å². The fourth-order valence-corrected chi connectivity index (χ4v) is 7.00. The number of nitrogens with one attached hydrogen (secondary N) is 1. The molecule has 1 saturated heterocycles. The molecule has 1 heterocycles. The number of carbonyl (C=O) groups is 3. The van der Waals surface area contributed by atoms with E-state index in [2.05, 4.69) is 19.2 Å². The molecule has 0 aromatic heterocycles. The van der Waals surface area contributed by atoms with Gasteiger partial charge in [-0.05, 0) is 61.7 Å². The summed E-state index contributed by atoms with van der Waals surface area (Å²) in [7, 11) is 0. The van der Waals surface area contributed by atoms with E-state index >= 15 is 0 Å². The number of ketones is 2. The molecule has 1 amide bonds. The molecule has 132 valence electrons. The summed E-state index contributed by atoms with van der Waals surface area (Å²) >= 11 is 0. The molecular weight excluding hydrogens is 302 g/mol. The van der Waals surface area contributed by atoms with Crippen molar-refractivity contribution in [2.45, 2.75) is 71.8 Å². The van der Waals surface area contributed by atoms with Crippen LogP contribution in [-0.4, -0.2) is 23.5 Å². The molecule has 4 heteroatoms. The SMILES string of the molecule is CC(=O)[C@H]1CC[C@H]2[C@H]3NC(=O)[C@H]4CC(=O)CC[C@]4(C)[C@H]3CC[C@]12C. The highest BCUT2D eigenvalue weighted by atomic mass is 16.2. The molecule has 0 radical (unpaired) electrons. The zero-order valence-corrected chi connectivity index (χ0v) is 15.1. The third-order valence-corrected chi connectivity index (χ3v) is 8.40. The molecule has 0 unspecified atom stereocenters. The highest BCUT2D eigenvalue weighted by Gasteiger charge is 2.62. The molecule has 4 nitrogen and oxygen atoms in total. The van der Waals surface area contributed by atoms with E-state index in [0.29, 0.717) is 30.5 Å². The number of carbonyl (C=O) groups excluding carboxylic acids is 3. The molecule has 3 saturated carbocycles. The lowest BCUT2D eigenvalue weighted by molar-refractivity contribution is -0.156. The van der Waals surface area contributed by atoms with Gasteiger partial charge in [-0.3, -0.25) is 14.4 Å². The Bertz CT molecular complexity index is 614. The molecule has 4 aliphatic rings. The molecule has 7 atom stereocenters. The Morgan fingerprint density at radius 1 is 1.04 bits per heavy atom. The van der Waals surface area contributed by atoms with Crippen LogP contribution in [0.15, 0.2) is 0 Å². The van der Waals surface area contributed by atoms with Crippen molar-refractivity contribution >= 4 is 17.5 Å². The molecule has 4 rings (SSSR count).